The first-order chi connectivity index (χ1) is 12.4. The number of amides is 1. The zero-order chi connectivity index (χ0) is 18.5. The second kappa shape index (κ2) is 6.56. The van der Waals surface area contributed by atoms with Crippen molar-refractivity contribution in [1.82, 2.24) is 5.32 Å². The van der Waals surface area contributed by atoms with E-state index in [2.05, 4.69) is 18.3 Å². The van der Waals surface area contributed by atoms with Crippen LogP contribution in [0.2, 0.25) is 0 Å². The minimum absolute atomic E-state index is 0.0627. The van der Waals surface area contributed by atoms with Crippen LogP contribution in [0.25, 0.3) is 0 Å². The van der Waals surface area contributed by atoms with Crippen molar-refractivity contribution >= 4 is 5.91 Å². The van der Waals surface area contributed by atoms with E-state index in [1.165, 1.54) is 11.1 Å². The molecule has 0 saturated heterocycles. The Hall–Kier alpha value is -1.55. The summed E-state index contributed by atoms with van der Waals surface area (Å²) in [5.74, 6) is 2.14. The maximum atomic E-state index is 12.4. The Morgan fingerprint density at radius 2 is 2.12 bits per heavy atom. The van der Waals surface area contributed by atoms with E-state index in [4.69, 9.17) is 0 Å². The number of nitrogens with one attached hydrogen (secondary N) is 1. The van der Waals surface area contributed by atoms with Gasteiger partial charge in [0, 0.05) is 13.0 Å². The molecule has 4 nitrogen and oxygen atoms in total. The van der Waals surface area contributed by atoms with Gasteiger partial charge in [0.25, 0.3) is 0 Å². The summed E-state index contributed by atoms with van der Waals surface area (Å²) in [4.78, 5) is 12.4. The molecule has 26 heavy (non-hydrogen) atoms. The van der Waals surface area contributed by atoms with Gasteiger partial charge in [-0.15, -0.1) is 0 Å². The van der Waals surface area contributed by atoms with E-state index in [-0.39, 0.29) is 23.3 Å². The number of hydrogen-bond donors (Lipinski definition) is 3. The van der Waals surface area contributed by atoms with Crippen molar-refractivity contribution in [3.63, 3.8) is 0 Å². The third kappa shape index (κ3) is 2.74. The van der Waals surface area contributed by atoms with E-state index in [9.17, 15) is 15.0 Å². The van der Waals surface area contributed by atoms with Gasteiger partial charge in [-0.25, -0.2) is 0 Å². The van der Waals surface area contributed by atoms with Crippen molar-refractivity contribution in [3.05, 3.63) is 29.3 Å². The zero-order valence-corrected chi connectivity index (χ0v) is 15.9. The van der Waals surface area contributed by atoms with E-state index in [0.717, 1.165) is 32.1 Å². The molecular formula is C22H31NO3. The largest absolute Gasteiger partial charge is 0.508 e. The SMILES string of the molecule is CCNC(=O)C[C@H]1CC2(C)C(O)CCC2C2CCc3cc(O)ccc3C21. The van der Waals surface area contributed by atoms with E-state index < -0.39 is 0 Å². The van der Waals surface area contributed by atoms with Gasteiger partial charge in [0.15, 0.2) is 0 Å². The van der Waals surface area contributed by atoms with Gasteiger partial charge in [-0.1, -0.05) is 13.0 Å². The van der Waals surface area contributed by atoms with Crippen LogP contribution in [0, 0.1) is 23.2 Å². The van der Waals surface area contributed by atoms with Crippen LogP contribution in [0.4, 0.5) is 0 Å². The molecule has 2 saturated carbocycles. The number of phenolic OH excluding ortho intramolecular Hbond substituents is 1. The molecule has 3 N–H and O–H groups in total. The van der Waals surface area contributed by atoms with Crippen LogP contribution in [-0.4, -0.2) is 28.8 Å². The fraction of sp³-hybridized carbons (Fsp3) is 0.682. The lowest BCUT2D eigenvalue weighted by molar-refractivity contribution is -0.124. The molecule has 6 atom stereocenters. The summed E-state index contributed by atoms with van der Waals surface area (Å²) >= 11 is 0. The molecular weight excluding hydrogens is 326 g/mol. The molecule has 4 rings (SSSR count). The Labute approximate surface area is 156 Å². The monoisotopic (exact) mass is 357 g/mol. The standard InChI is InChI=1S/C22H31NO3/c1-3-23-20(26)11-14-12-22(2)18(8-9-19(22)25)17-6-4-13-10-15(24)5-7-16(13)21(14)17/h5,7,10,14,17-19,21,24-25H,3-4,6,8-9,11-12H2,1-2H3,(H,23,26)/t14-,17?,18?,19?,21?,22?/m0/s1. The molecule has 0 aliphatic heterocycles. The molecule has 1 amide bonds. The van der Waals surface area contributed by atoms with E-state index in [1.807, 2.05) is 13.0 Å². The number of carbonyl (C=O) groups is 1. The average Bonchev–Trinajstić information content (AvgIpc) is 2.89. The number of aryl methyl sites for hydroxylation is 1. The molecule has 5 unspecified atom stereocenters. The predicted octanol–water partition coefficient (Wildman–Crippen LogP) is 3.36. The van der Waals surface area contributed by atoms with Crippen LogP contribution in [0.1, 0.15) is 63.0 Å². The van der Waals surface area contributed by atoms with Gasteiger partial charge in [-0.2, -0.15) is 0 Å². The molecule has 3 aliphatic carbocycles. The third-order valence-electron chi connectivity index (χ3n) is 7.60. The smallest absolute Gasteiger partial charge is 0.220 e. The number of phenols is 1. The Balaban J connectivity index is 1.73. The molecule has 0 bridgehead atoms. The predicted molar refractivity (Wildman–Crippen MR) is 101 cm³/mol. The maximum absolute atomic E-state index is 12.4. The number of aliphatic hydroxyl groups excluding tert-OH is 1. The van der Waals surface area contributed by atoms with Gasteiger partial charge in [0.2, 0.25) is 5.91 Å². The van der Waals surface area contributed by atoms with Crippen LogP contribution in [0.5, 0.6) is 5.75 Å². The Morgan fingerprint density at radius 3 is 2.88 bits per heavy atom. The second-order valence-electron chi connectivity index (χ2n) is 8.94. The summed E-state index contributed by atoms with van der Waals surface area (Å²) in [6.45, 7) is 4.87. The van der Waals surface area contributed by atoms with E-state index in [0.29, 0.717) is 36.5 Å². The summed E-state index contributed by atoms with van der Waals surface area (Å²) in [6, 6.07) is 5.79. The minimum Gasteiger partial charge on any atom is -0.508 e. The van der Waals surface area contributed by atoms with E-state index in [1.54, 1.807) is 6.07 Å². The van der Waals surface area contributed by atoms with Crippen LogP contribution < -0.4 is 5.32 Å². The first-order valence-electron chi connectivity index (χ1n) is 10.2. The molecule has 0 heterocycles. The molecule has 0 aromatic heterocycles. The van der Waals surface area contributed by atoms with Crippen molar-refractivity contribution in [3.8, 4) is 5.75 Å². The van der Waals surface area contributed by atoms with Crippen LogP contribution in [-0.2, 0) is 11.2 Å². The Morgan fingerprint density at radius 1 is 1.31 bits per heavy atom. The number of hydrogen-bond acceptors (Lipinski definition) is 3. The highest BCUT2D eigenvalue weighted by Crippen LogP contribution is 2.63. The summed E-state index contributed by atoms with van der Waals surface area (Å²) in [7, 11) is 0. The van der Waals surface area contributed by atoms with Crippen LogP contribution >= 0.6 is 0 Å². The molecule has 142 valence electrons. The molecule has 3 aliphatic rings. The lowest BCUT2D eigenvalue weighted by atomic mass is 9.51. The summed E-state index contributed by atoms with van der Waals surface area (Å²) < 4.78 is 0. The topological polar surface area (TPSA) is 69.6 Å². The first kappa shape index (κ1) is 17.8. The van der Waals surface area contributed by atoms with Gasteiger partial charge in [0.05, 0.1) is 6.10 Å². The number of rotatable bonds is 3. The van der Waals surface area contributed by atoms with Crippen molar-refractivity contribution in [1.29, 1.82) is 0 Å². The fourth-order valence-corrected chi connectivity index (χ4v) is 6.55. The van der Waals surface area contributed by atoms with Crippen molar-refractivity contribution in [2.45, 2.75) is 64.4 Å². The van der Waals surface area contributed by atoms with Gasteiger partial charge < -0.3 is 15.5 Å². The van der Waals surface area contributed by atoms with Gasteiger partial charge in [0.1, 0.15) is 5.75 Å². The summed E-state index contributed by atoms with van der Waals surface area (Å²) in [6.07, 6.45) is 5.27. The van der Waals surface area contributed by atoms with Crippen molar-refractivity contribution < 1.29 is 15.0 Å². The van der Waals surface area contributed by atoms with Crippen LogP contribution in [0.3, 0.4) is 0 Å². The number of fused-ring (bicyclic) bond motifs is 5. The van der Waals surface area contributed by atoms with Crippen LogP contribution in [0.15, 0.2) is 18.2 Å². The van der Waals surface area contributed by atoms with Crippen molar-refractivity contribution in [2.24, 2.45) is 23.2 Å². The first-order valence-corrected chi connectivity index (χ1v) is 10.2. The minimum atomic E-state index is -0.244. The number of carbonyl (C=O) groups excluding carboxylic acids is 1. The maximum Gasteiger partial charge on any atom is 0.220 e. The lowest BCUT2D eigenvalue weighted by Crippen LogP contribution is -2.48. The van der Waals surface area contributed by atoms with Crippen molar-refractivity contribution in [2.75, 3.05) is 6.54 Å². The van der Waals surface area contributed by atoms with Gasteiger partial charge in [-0.05, 0) is 91.4 Å². The molecule has 0 spiro atoms. The molecule has 0 radical (unpaired) electrons. The zero-order valence-electron chi connectivity index (χ0n) is 15.9. The quantitative estimate of drug-likeness (QED) is 0.777. The highest BCUT2D eigenvalue weighted by atomic mass is 16.3. The Bertz CT molecular complexity index is 703. The normalized spacial score (nSPS) is 38.2. The highest BCUT2D eigenvalue weighted by molar-refractivity contribution is 5.76. The average molecular weight is 357 g/mol. The summed E-state index contributed by atoms with van der Waals surface area (Å²) in [5, 5.41) is 23.6. The van der Waals surface area contributed by atoms with Gasteiger partial charge in [-0.3, -0.25) is 4.79 Å². The lowest BCUT2D eigenvalue weighted by Gasteiger charge is -2.53. The molecule has 1 aromatic carbocycles. The Kier molecular flexibility index (Phi) is 4.50. The number of aliphatic hydroxyl groups is 1. The highest BCUT2D eigenvalue weighted by Gasteiger charge is 2.57. The number of aromatic hydroxyl groups is 1. The summed E-state index contributed by atoms with van der Waals surface area (Å²) in [5.41, 5.74) is 2.51. The molecule has 4 heteroatoms. The third-order valence-corrected chi connectivity index (χ3v) is 7.60. The van der Waals surface area contributed by atoms with E-state index >= 15 is 0 Å². The number of benzene rings is 1. The molecule has 2 fully saturated rings. The second-order valence-corrected chi connectivity index (χ2v) is 8.94. The van der Waals surface area contributed by atoms with Gasteiger partial charge >= 0.3 is 0 Å². The molecule has 1 aromatic rings. The fourth-order valence-electron chi connectivity index (χ4n) is 6.55.